The van der Waals surface area contributed by atoms with Gasteiger partial charge in [-0.05, 0) is 30.5 Å². The van der Waals surface area contributed by atoms with Crippen LogP contribution in [0.2, 0.25) is 0 Å². The van der Waals surface area contributed by atoms with Crippen molar-refractivity contribution >= 4 is 15.9 Å². The van der Waals surface area contributed by atoms with E-state index < -0.39 is 5.60 Å². The molecule has 0 aliphatic rings. The molecule has 0 atom stereocenters. The van der Waals surface area contributed by atoms with Gasteiger partial charge in [0, 0.05) is 10.9 Å². The van der Waals surface area contributed by atoms with Crippen LogP contribution in [0.1, 0.15) is 45.1 Å². The van der Waals surface area contributed by atoms with Crippen molar-refractivity contribution in [2.24, 2.45) is 0 Å². The fourth-order valence-corrected chi connectivity index (χ4v) is 2.59. The van der Waals surface area contributed by atoms with Gasteiger partial charge in [-0.3, -0.25) is 0 Å². The molecule has 0 unspecified atom stereocenters. The van der Waals surface area contributed by atoms with E-state index in [4.69, 9.17) is 0 Å². The summed E-state index contributed by atoms with van der Waals surface area (Å²) in [5.41, 5.74) is -0.171. The molecule has 1 N–H and O–H groups in total. The standard InChI is InChI=1S/C14H20BrFO/c1-3-7-14(17,8-4-2)10-11-5-6-12(15)9-13(11)16/h5-6,9,17H,3-4,7-8,10H2,1-2H3. The summed E-state index contributed by atoms with van der Waals surface area (Å²) >= 11 is 3.23. The molecule has 0 aromatic heterocycles. The maximum absolute atomic E-state index is 13.7. The van der Waals surface area contributed by atoms with Crippen molar-refractivity contribution in [1.82, 2.24) is 0 Å². The molecule has 1 rings (SSSR count). The lowest BCUT2D eigenvalue weighted by atomic mass is 9.86. The Hall–Kier alpha value is -0.410. The van der Waals surface area contributed by atoms with Crippen LogP contribution >= 0.6 is 15.9 Å². The zero-order chi connectivity index (χ0) is 12.9. The third-order valence-electron chi connectivity index (χ3n) is 2.97. The quantitative estimate of drug-likeness (QED) is 0.822. The van der Waals surface area contributed by atoms with Crippen molar-refractivity contribution in [3.8, 4) is 0 Å². The minimum atomic E-state index is -0.766. The number of hydrogen-bond acceptors (Lipinski definition) is 1. The van der Waals surface area contributed by atoms with Crippen molar-refractivity contribution in [3.63, 3.8) is 0 Å². The number of aliphatic hydroxyl groups is 1. The smallest absolute Gasteiger partial charge is 0.127 e. The van der Waals surface area contributed by atoms with E-state index in [9.17, 15) is 9.50 Å². The van der Waals surface area contributed by atoms with Gasteiger partial charge in [-0.1, -0.05) is 48.7 Å². The number of halogens is 2. The second kappa shape index (κ2) is 6.50. The highest BCUT2D eigenvalue weighted by Gasteiger charge is 2.26. The number of hydrogen-bond donors (Lipinski definition) is 1. The van der Waals surface area contributed by atoms with Gasteiger partial charge in [-0.25, -0.2) is 4.39 Å². The van der Waals surface area contributed by atoms with E-state index in [0.717, 1.165) is 30.2 Å². The van der Waals surface area contributed by atoms with Crippen molar-refractivity contribution in [3.05, 3.63) is 34.1 Å². The SMILES string of the molecule is CCCC(O)(CCC)Cc1ccc(Br)cc1F. The first kappa shape index (κ1) is 14.7. The predicted molar refractivity (Wildman–Crippen MR) is 72.6 cm³/mol. The van der Waals surface area contributed by atoms with E-state index in [-0.39, 0.29) is 5.82 Å². The first-order valence-corrected chi connectivity index (χ1v) is 6.96. The summed E-state index contributed by atoms with van der Waals surface area (Å²) in [7, 11) is 0. The third-order valence-corrected chi connectivity index (χ3v) is 3.46. The van der Waals surface area contributed by atoms with Gasteiger partial charge in [0.2, 0.25) is 0 Å². The van der Waals surface area contributed by atoms with E-state index in [0.29, 0.717) is 12.0 Å². The van der Waals surface area contributed by atoms with Crippen molar-refractivity contribution < 1.29 is 9.50 Å². The highest BCUT2D eigenvalue weighted by atomic mass is 79.9. The van der Waals surface area contributed by atoms with Gasteiger partial charge >= 0.3 is 0 Å². The first-order valence-electron chi connectivity index (χ1n) is 6.17. The molecule has 0 spiro atoms. The highest BCUT2D eigenvalue weighted by molar-refractivity contribution is 9.10. The zero-order valence-corrected chi connectivity index (χ0v) is 12.1. The lowest BCUT2D eigenvalue weighted by Gasteiger charge is -2.27. The fraction of sp³-hybridized carbons (Fsp3) is 0.571. The monoisotopic (exact) mass is 302 g/mol. The van der Waals surface area contributed by atoms with Crippen LogP contribution in [0.15, 0.2) is 22.7 Å². The van der Waals surface area contributed by atoms with E-state index in [1.54, 1.807) is 6.07 Å². The van der Waals surface area contributed by atoms with Gasteiger partial charge in [0.15, 0.2) is 0 Å². The molecule has 0 radical (unpaired) electrons. The molecule has 1 aromatic carbocycles. The van der Waals surface area contributed by atoms with E-state index in [1.807, 2.05) is 19.9 Å². The molecule has 3 heteroatoms. The Morgan fingerprint density at radius 3 is 2.29 bits per heavy atom. The lowest BCUT2D eigenvalue weighted by Crippen LogP contribution is -2.31. The van der Waals surface area contributed by atoms with E-state index in [1.165, 1.54) is 6.07 Å². The molecule has 1 nitrogen and oxygen atoms in total. The average molecular weight is 303 g/mol. The van der Waals surface area contributed by atoms with Gasteiger partial charge in [0.1, 0.15) is 5.82 Å². The summed E-state index contributed by atoms with van der Waals surface area (Å²) in [5, 5.41) is 10.5. The molecule has 0 aliphatic carbocycles. The predicted octanol–water partition coefficient (Wildman–Crippen LogP) is 4.46. The Kier molecular flexibility index (Phi) is 5.60. The molecule has 0 saturated carbocycles. The number of benzene rings is 1. The molecule has 0 aliphatic heterocycles. The van der Waals surface area contributed by atoms with Gasteiger partial charge in [-0.2, -0.15) is 0 Å². The first-order chi connectivity index (χ1) is 8.00. The maximum Gasteiger partial charge on any atom is 0.127 e. The molecule has 0 fully saturated rings. The van der Waals surface area contributed by atoms with E-state index in [2.05, 4.69) is 15.9 Å². The molecule has 0 amide bonds. The van der Waals surface area contributed by atoms with Crippen molar-refractivity contribution in [2.45, 2.75) is 51.6 Å². The molecule has 17 heavy (non-hydrogen) atoms. The fourth-order valence-electron chi connectivity index (χ4n) is 2.25. The van der Waals surface area contributed by atoms with Gasteiger partial charge in [0.05, 0.1) is 5.60 Å². The summed E-state index contributed by atoms with van der Waals surface area (Å²) in [5.74, 6) is -0.245. The third kappa shape index (κ3) is 4.40. The molecule has 96 valence electrons. The second-order valence-electron chi connectivity index (χ2n) is 4.64. The molecule has 1 aromatic rings. The van der Waals surface area contributed by atoms with Crippen LogP contribution in [0.5, 0.6) is 0 Å². The summed E-state index contributed by atoms with van der Waals surface area (Å²) in [4.78, 5) is 0. The molecule has 0 saturated heterocycles. The van der Waals surface area contributed by atoms with Gasteiger partial charge in [0.25, 0.3) is 0 Å². The minimum absolute atomic E-state index is 0.245. The Bertz CT molecular complexity index is 359. The highest BCUT2D eigenvalue weighted by Crippen LogP contribution is 2.26. The Morgan fingerprint density at radius 1 is 1.24 bits per heavy atom. The summed E-state index contributed by atoms with van der Waals surface area (Å²) in [6.07, 6.45) is 3.66. The Morgan fingerprint density at radius 2 is 1.82 bits per heavy atom. The van der Waals surface area contributed by atoms with Crippen molar-refractivity contribution in [2.75, 3.05) is 0 Å². The Balaban J connectivity index is 2.85. The molecule has 0 heterocycles. The minimum Gasteiger partial charge on any atom is -0.390 e. The zero-order valence-electron chi connectivity index (χ0n) is 10.5. The lowest BCUT2D eigenvalue weighted by molar-refractivity contribution is 0.0208. The molecular weight excluding hydrogens is 283 g/mol. The average Bonchev–Trinajstić information content (AvgIpc) is 2.23. The Labute approximate surface area is 111 Å². The second-order valence-corrected chi connectivity index (χ2v) is 5.55. The summed E-state index contributed by atoms with van der Waals surface area (Å²) in [6, 6.07) is 5.01. The van der Waals surface area contributed by atoms with Crippen LogP contribution in [0.25, 0.3) is 0 Å². The summed E-state index contributed by atoms with van der Waals surface area (Å²) in [6.45, 7) is 4.08. The normalized spacial score (nSPS) is 11.8. The largest absolute Gasteiger partial charge is 0.390 e. The van der Waals surface area contributed by atoms with E-state index >= 15 is 0 Å². The van der Waals surface area contributed by atoms with Crippen LogP contribution in [-0.2, 0) is 6.42 Å². The van der Waals surface area contributed by atoms with Crippen LogP contribution < -0.4 is 0 Å². The molecule has 0 bridgehead atoms. The molecular formula is C14H20BrFO. The number of rotatable bonds is 6. The summed E-state index contributed by atoms with van der Waals surface area (Å²) < 4.78 is 14.5. The van der Waals surface area contributed by atoms with Crippen LogP contribution in [0, 0.1) is 5.82 Å². The maximum atomic E-state index is 13.7. The van der Waals surface area contributed by atoms with Crippen LogP contribution in [0.3, 0.4) is 0 Å². The van der Waals surface area contributed by atoms with Gasteiger partial charge < -0.3 is 5.11 Å². The van der Waals surface area contributed by atoms with Crippen LogP contribution in [-0.4, -0.2) is 10.7 Å². The topological polar surface area (TPSA) is 20.2 Å². The van der Waals surface area contributed by atoms with Crippen LogP contribution in [0.4, 0.5) is 4.39 Å². The van der Waals surface area contributed by atoms with Crippen molar-refractivity contribution in [1.29, 1.82) is 0 Å². The van der Waals surface area contributed by atoms with Gasteiger partial charge in [-0.15, -0.1) is 0 Å².